The maximum Gasteiger partial charge on any atom is 0.243 e. The fourth-order valence-electron chi connectivity index (χ4n) is 2.18. The summed E-state index contributed by atoms with van der Waals surface area (Å²) >= 11 is 0. The van der Waals surface area contributed by atoms with Crippen LogP contribution in [-0.4, -0.2) is 37.8 Å². The van der Waals surface area contributed by atoms with Crippen LogP contribution in [-0.2, 0) is 14.8 Å². The molecule has 3 N–H and O–H groups in total. The zero-order valence-corrected chi connectivity index (χ0v) is 12.2. The highest BCUT2D eigenvalue weighted by Gasteiger charge is 2.28. The Morgan fingerprint density at radius 1 is 1.25 bits per heavy atom. The number of carbonyl (C=O) groups is 1. The first kappa shape index (κ1) is 15.0. The standard InChI is InChI=1S/C13H19N3O3S/c1-10(17)15-12-2-4-13(5-3-12)20(18,19)16-8-6-11(14)7-9-16/h2-5,11H,6-9,14H2,1H3,(H,15,17). The fraction of sp³-hybridized carbons (Fsp3) is 0.462. The van der Waals surface area contributed by atoms with Crippen LogP contribution in [0, 0.1) is 0 Å². The minimum atomic E-state index is -3.47. The lowest BCUT2D eigenvalue weighted by Crippen LogP contribution is -2.42. The molecule has 1 saturated heterocycles. The van der Waals surface area contributed by atoms with E-state index in [1.807, 2.05) is 0 Å². The van der Waals surface area contributed by atoms with E-state index in [1.165, 1.54) is 23.4 Å². The van der Waals surface area contributed by atoms with Gasteiger partial charge in [0.1, 0.15) is 0 Å². The predicted octanol–water partition coefficient (Wildman–Crippen LogP) is 0.757. The van der Waals surface area contributed by atoms with Gasteiger partial charge in [-0.3, -0.25) is 4.79 Å². The Morgan fingerprint density at radius 3 is 2.30 bits per heavy atom. The Balaban J connectivity index is 2.15. The summed E-state index contributed by atoms with van der Waals surface area (Å²) in [4.78, 5) is 11.2. The molecule has 20 heavy (non-hydrogen) atoms. The first-order chi connectivity index (χ1) is 9.39. The molecule has 6 nitrogen and oxygen atoms in total. The molecular weight excluding hydrogens is 278 g/mol. The summed E-state index contributed by atoms with van der Waals surface area (Å²) in [7, 11) is -3.47. The number of carbonyl (C=O) groups excluding carboxylic acids is 1. The van der Waals surface area contributed by atoms with E-state index in [0.29, 0.717) is 31.6 Å². The lowest BCUT2D eigenvalue weighted by Gasteiger charge is -2.29. The number of benzene rings is 1. The molecular formula is C13H19N3O3S. The molecule has 110 valence electrons. The van der Waals surface area contributed by atoms with Crippen molar-refractivity contribution in [3.63, 3.8) is 0 Å². The van der Waals surface area contributed by atoms with Crippen molar-refractivity contribution in [2.45, 2.75) is 30.7 Å². The van der Waals surface area contributed by atoms with Gasteiger partial charge in [0, 0.05) is 31.7 Å². The zero-order chi connectivity index (χ0) is 14.8. The second-order valence-electron chi connectivity index (χ2n) is 4.95. The SMILES string of the molecule is CC(=O)Nc1ccc(S(=O)(=O)N2CCC(N)CC2)cc1. The van der Waals surface area contributed by atoms with Gasteiger partial charge in [-0.2, -0.15) is 4.31 Å². The van der Waals surface area contributed by atoms with Crippen molar-refractivity contribution in [2.75, 3.05) is 18.4 Å². The summed E-state index contributed by atoms with van der Waals surface area (Å²) in [5.74, 6) is -0.189. The van der Waals surface area contributed by atoms with Crippen LogP contribution in [0.2, 0.25) is 0 Å². The van der Waals surface area contributed by atoms with Crippen molar-refractivity contribution in [1.82, 2.24) is 4.31 Å². The van der Waals surface area contributed by atoms with Crippen LogP contribution in [0.25, 0.3) is 0 Å². The maximum absolute atomic E-state index is 12.4. The van der Waals surface area contributed by atoms with Crippen LogP contribution in [0.4, 0.5) is 5.69 Å². The summed E-state index contributed by atoms with van der Waals surface area (Å²) in [6, 6.07) is 6.28. The van der Waals surface area contributed by atoms with Gasteiger partial charge in [0.05, 0.1) is 4.90 Å². The first-order valence-corrected chi connectivity index (χ1v) is 7.97. The lowest BCUT2D eigenvalue weighted by molar-refractivity contribution is -0.114. The smallest absolute Gasteiger partial charge is 0.243 e. The first-order valence-electron chi connectivity index (χ1n) is 6.53. The van der Waals surface area contributed by atoms with Gasteiger partial charge in [-0.05, 0) is 37.1 Å². The molecule has 0 saturated carbocycles. The normalized spacial score (nSPS) is 17.9. The summed E-state index contributed by atoms with van der Waals surface area (Å²) in [5, 5.41) is 2.60. The fourth-order valence-corrected chi connectivity index (χ4v) is 3.65. The third kappa shape index (κ3) is 3.36. The third-order valence-corrected chi connectivity index (χ3v) is 5.22. The molecule has 0 aliphatic carbocycles. The highest BCUT2D eigenvalue weighted by molar-refractivity contribution is 7.89. The Morgan fingerprint density at radius 2 is 1.80 bits per heavy atom. The molecule has 0 aromatic heterocycles. The van der Waals surface area contributed by atoms with Gasteiger partial charge in [0.15, 0.2) is 0 Å². The molecule has 0 spiro atoms. The molecule has 0 atom stereocenters. The number of sulfonamides is 1. The van der Waals surface area contributed by atoms with E-state index in [9.17, 15) is 13.2 Å². The molecule has 2 rings (SSSR count). The molecule has 1 aliphatic rings. The Kier molecular flexibility index (Phi) is 4.42. The van der Waals surface area contributed by atoms with Crippen LogP contribution < -0.4 is 11.1 Å². The summed E-state index contributed by atoms with van der Waals surface area (Å²) in [6.45, 7) is 2.31. The van der Waals surface area contributed by atoms with Gasteiger partial charge in [-0.1, -0.05) is 0 Å². The molecule has 1 fully saturated rings. The van der Waals surface area contributed by atoms with Gasteiger partial charge in [0.2, 0.25) is 15.9 Å². The monoisotopic (exact) mass is 297 g/mol. The number of hydrogen-bond acceptors (Lipinski definition) is 4. The van der Waals surface area contributed by atoms with Gasteiger partial charge < -0.3 is 11.1 Å². The van der Waals surface area contributed by atoms with Crippen molar-refractivity contribution < 1.29 is 13.2 Å². The van der Waals surface area contributed by atoms with E-state index in [0.717, 1.165) is 0 Å². The van der Waals surface area contributed by atoms with Crippen molar-refractivity contribution in [2.24, 2.45) is 5.73 Å². The average molecular weight is 297 g/mol. The molecule has 1 aromatic rings. The molecule has 0 unspecified atom stereocenters. The van der Waals surface area contributed by atoms with E-state index in [2.05, 4.69) is 5.32 Å². The van der Waals surface area contributed by atoms with Crippen molar-refractivity contribution >= 4 is 21.6 Å². The highest BCUT2D eigenvalue weighted by Crippen LogP contribution is 2.21. The van der Waals surface area contributed by atoms with Crippen molar-refractivity contribution in [1.29, 1.82) is 0 Å². The van der Waals surface area contributed by atoms with E-state index in [1.54, 1.807) is 12.1 Å². The van der Waals surface area contributed by atoms with Gasteiger partial charge >= 0.3 is 0 Å². The quantitative estimate of drug-likeness (QED) is 0.861. The summed E-state index contributed by atoms with van der Waals surface area (Å²) in [5.41, 5.74) is 6.36. The number of piperidine rings is 1. The molecule has 1 aromatic carbocycles. The second-order valence-corrected chi connectivity index (χ2v) is 6.89. The molecule has 1 heterocycles. The van der Waals surface area contributed by atoms with Crippen LogP contribution in [0.3, 0.4) is 0 Å². The van der Waals surface area contributed by atoms with Gasteiger partial charge in [-0.15, -0.1) is 0 Å². The number of nitrogens with zero attached hydrogens (tertiary/aromatic N) is 1. The Bertz CT molecular complexity index is 575. The van der Waals surface area contributed by atoms with Crippen molar-refractivity contribution in [3.8, 4) is 0 Å². The number of anilines is 1. The Labute approximate surface area is 119 Å². The topological polar surface area (TPSA) is 92.5 Å². The molecule has 0 bridgehead atoms. The molecule has 1 aliphatic heterocycles. The zero-order valence-electron chi connectivity index (χ0n) is 11.4. The minimum Gasteiger partial charge on any atom is -0.328 e. The number of rotatable bonds is 3. The van der Waals surface area contributed by atoms with Crippen LogP contribution >= 0.6 is 0 Å². The highest BCUT2D eigenvalue weighted by atomic mass is 32.2. The van der Waals surface area contributed by atoms with Crippen LogP contribution in [0.1, 0.15) is 19.8 Å². The Hall–Kier alpha value is -1.44. The van der Waals surface area contributed by atoms with Gasteiger partial charge in [0.25, 0.3) is 0 Å². The molecule has 7 heteroatoms. The number of hydrogen-bond donors (Lipinski definition) is 2. The lowest BCUT2D eigenvalue weighted by atomic mass is 10.1. The third-order valence-electron chi connectivity index (χ3n) is 3.31. The van der Waals surface area contributed by atoms with E-state index >= 15 is 0 Å². The molecule has 0 radical (unpaired) electrons. The minimum absolute atomic E-state index is 0.0867. The maximum atomic E-state index is 12.4. The summed E-state index contributed by atoms with van der Waals surface area (Å²) < 4.78 is 26.3. The number of amides is 1. The second kappa shape index (κ2) is 5.90. The largest absolute Gasteiger partial charge is 0.328 e. The van der Waals surface area contributed by atoms with Gasteiger partial charge in [-0.25, -0.2) is 8.42 Å². The van der Waals surface area contributed by atoms with Crippen molar-refractivity contribution in [3.05, 3.63) is 24.3 Å². The van der Waals surface area contributed by atoms with Crippen LogP contribution in [0.5, 0.6) is 0 Å². The number of nitrogens with one attached hydrogen (secondary N) is 1. The van der Waals surface area contributed by atoms with Crippen LogP contribution in [0.15, 0.2) is 29.2 Å². The van der Waals surface area contributed by atoms with E-state index in [4.69, 9.17) is 5.73 Å². The molecule has 1 amide bonds. The summed E-state index contributed by atoms with van der Waals surface area (Å²) in [6.07, 6.45) is 1.37. The van der Waals surface area contributed by atoms with E-state index in [-0.39, 0.29) is 16.8 Å². The predicted molar refractivity (Wildman–Crippen MR) is 76.7 cm³/mol. The average Bonchev–Trinajstić information content (AvgIpc) is 2.39. The number of nitrogens with two attached hydrogens (primary N) is 1. The van der Waals surface area contributed by atoms with E-state index < -0.39 is 10.0 Å².